The van der Waals surface area contributed by atoms with E-state index in [1.54, 1.807) is 18.3 Å². The van der Waals surface area contributed by atoms with Gasteiger partial charge in [-0.1, -0.05) is 6.07 Å². The van der Waals surface area contributed by atoms with Crippen molar-refractivity contribution in [3.63, 3.8) is 0 Å². The Kier molecular flexibility index (Phi) is 3.18. The van der Waals surface area contributed by atoms with Crippen molar-refractivity contribution in [1.82, 2.24) is 14.9 Å². The summed E-state index contributed by atoms with van der Waals surface area (Å²) in [5.41, 5.74) is 0. The molecule has 4 rings (SSSR count). The molecule has 1 amide bonds. The summed E-state index contributed by atoms with van der Waals surface area (Å²) < 4.78 is 16.6. The van der Waals surface area contributed by atoms with Crippen LogP contribution in [0.25, 0.3) is 10.1 Å². The standard InChI is InChI=1S/C16H14FN3OS/c17-12-2-1-3-13-11(12)8-14(22-13)16(21)19-10-4-5-15-18-6-7-20(15)9-10/h1-3,6-8,10H,4-5,9H2,(H,19,21). The molecule has 0 aliphatic carbocycles. The van der Waals surface area contributed by atoms with Crippen LogP contribution in [0, 0.1) is 5.82 Å². The first-order valence-corrected chi connectivity index (χ1v) is 8.01. The SMILES string of the molecule is O=C(NC1CCc2nccn2C1)c1cc2c(F)cccc2s1. The molecule has 1 unspecified atom stereocenters. The van der Waals surface area contributed by atoms with E-state index in [0.29, 0.717) is 10.3 Å². The van der Waals surface area contributed by atoms with Crippen LogP contribution in [0.3, 0.4) is 0 Å². The van der Waals surface area contributed by atoms with Gasteiger partial charge in [-0.05, 0) is 24.6 Å². The summed E-state index contributed by atoms with van der Waals surface area (Å²) in [5, 5.41) is 3.56. The number of rotatable bonds is 2. The van der Waals surface area contributed by atoms with E-state index in [0.717, 1.165) is 29.9 Å². The van der Waals surface area contributed by atoms with Crippen LogP contribution in [0.2, 0.25) is 0 Å². The number of fused-ring (bicyclic) bond motifs is 2. The zero-order valence-electron chi connectivity index (χ0n) is 11.8. The van der Waals surface area contributed by atoms with Crippen molar-refractivity contribution >= 4 is 27.3 Å². The molecule has 0 saturated carbocycles. The van der Waals surface area contributed by atoms with Crippen LogP contribution in [0.15, 0.2) is 36.7 Å². The minimum Gasteiger partial charge on any atom is -0.347 e. The third kappa shape index (κ3) is 2.29. The Balaban J connectivity index is 1.53. The van der Waals surface area contributed by atoms with Gasteiger partial charge in [-0.3, -0.25) is 4.79 Å². The quantitative estimate of drug-likeness (QED) is 0.790. The number of benzene rings is 1. The van der Waals surface area contributed by atoms with Crippen LogP contribution in [0.4, 0.5) is 4.39 Å². The highest BCUT2D eigenvalue weighted by Gasteiger charge is 2.22. The molecule has 0 fully saturated rings. The molecule has 3 heterocycles. The van der Waals surface area contributed by atoms with E-state index in [4.69, 9.17) is 0 Å². The van der Waals surface area contributed by atoms with Crippen LogP contribution in [0.1, 0.15) is 21.9 Å². The lowest BCUT2D eigenvalue weighted by molar-refractivity contribution is 0.0932. The van der Waals surface area contributed by atoms with Gasteiger partial charge in [0, 0.05) is 41.5 Å². The molecule has 1 aliphatic rings. The Labute approximate surface area is 130 Å². The second-order valence-electron chi connectivity index (χ2n) is 5.47. The minimum atomic E-state index is -0.284. The van der Waals surface area contributed by atoms with E-state index in [9.17, 15) is 9.18 Å². The molecule has 3 aromatic rings. The van der Waals surface area contributed by atoms with E-state index in [1.165, 1.54) is 17.4 Å². The Hall–Kier alpha value is -2.21. The van der Waals surface area contributed by atoms with Crippen molar-refractivity contribution < 1.29 is 9.18 Å². The van der Waals surface area contributed by atoms with Crippen LogP contribution in [-0.4, -0.2) is 21.5 Å². The molecule has 22 heavy (non-hydrogen) atoms. The van der Waals surface area contributed by atoms with Gasteiger partial charge in [-0.2, -0.15) is 0 Å². The first-order chi connectivity index (χ1) is 10.7. The molecule has 0 bridgehead atoms. The number of nitrogens with one attached hydrogen (secondary N) is 1. The smallest absolute Gasteiger partial charge is 0.261 e. The summed E-state index contributed by atoms with van der Waals surface area (Å²) in [6, 6.07) is 6.63. The van der Waals surface area contributed by atoms with Crippen LogP contribution in [0.5, 0.6) is 0 Å². The number of imidazole rings is 1. The lowest BCUT2D eigenvalue weighted by atomic mass is 10.1. The topological polar surface area (TPSA) is 46.9 Å². The zero-order chi connectivity index (χ0) is 15.1. The Morgan fingerprint density at radius 2 is 2.36 bits per heavy atom. The van der Waals surface area contributed by atoms with Crippen LogP contribution in [-0.2, 0) is 13.0 Å². The predicted molar refractivity (Wildman–Crippen MR) is 83.6 cm³/mol. The van der Waals surface area contributed by atoms with Crippen molar-refractivity contribution in [1.29, 1.82) is 0 Å². The van der Waals surface area contributed by atoms with Gasteiger partial charge in [-0.15, -0.1) is 11.3 Å². The molecule has 1 N–H and O–H groups in total. The van der Waals surface area contributed by atoms with Gasteiger partial charge >= 0.3 is 0 Å². The number of carbonyl (C=O) groups excluding carboxylic acids is 1. The van der Waals surface area contributed by atoms with Crippen molar-refractivity contribution in [2.75, 3.05) is 0 Å². The molecule has 6 heteroatoms. The molecule has 112 valence electrons. The summed E-state index contributed by atoms with van der Waals surface area (Å²) in [6.07, 6.45) is 5.46. The lowest BCUT2D eigenvalue weighted by Gasteiger charge is -2.24. The molecular formula is C16H14FN3OS. The number of aryl methyl sites for hydroxylation is 1. The van der Waals surface area contributed by atoms with Gasteiger partial charge < -0.3 is 9.88 Å². The van der Waals surface area contributed by atoms with Gasteiger partial charge in [0.25, 0.3) is 5.91 Å². The summed E-state index contributed by atoms with van der Waals surface area (Å²) in [4.78, 5) is 17.2. The third-order valence-corrected chi connectivity index (χ3v) is 5.10. The van der Waals surface area contributed by atoms with Crippen molar-refractivity contribution in [3.05, 3.63) is 53.2 Å². The summed E-state index contributed by atoms with van der Waals surface area (Å²) in [6.45, 7) is 0.736. The van der Waals surface area contributed by atoms with E-state index >= 15 is 0 Å². The zero-order valence-corrected chi connectivity index (χ0v) is 12.6. The number of hydrogen-bond donors (Lipinski definition) is 1. The molecule has 0 spiro atoms. The second kappa shape index (κ2) is 5.21. The highest BCUT2D eigenvalue weighted by Crippen LogP contribution is 2.27. The summed E-state index contributed by atoms with van der Waals surface area (Å²) >= 11 is 1.32. The lowest BCUT2D eigenvalue weighted by Crippen LogP contribution is -2.40. The Morgan fingerprint density at radius 1 is 1.45 bits per heavy atom. The molecule has 4 nitrogen and oxygen atoms in total. The summed E-state index contributed by atoms with van der Waals surface area (Å²) in [7, 11) is 0. The van der Waals surface area contributed by atoms with Crippen LogP contribution < -0.4 is 5.32 Å². The number of hydrogen-bond acceptors (Lipinski definition) is 3. The van der Waals surface area contributed by atoms with Crippen LogP contribution >= 0.6 is 11.3 Å². The molecule has 0 saturated heterocycles. The van der Waals surface area contributed by atoms with Crippen molar-refractivity contribution in [2.24, 2.45) is 0 Å². The highest BCUT2D eigenvalue weighted by atomic mass is 32.1. The fourth-order valence-corrected chi connectivity index (χ4v) is 3.86. The predicted octanol–water partition coefficient (Wildman–Crippen LogP) is 2.98. The maximum atomic E-state index is 13.7. The number of amides is 1. The Bertz CT molecular complexity index is 854. The maximum absolute atomic E-state index is 13.7. The molecule has 2 aromatic heterocycles. The molecule has 1 aromatic carbocycles. The second-order valence-corrected chi connectivity index (χ2v) is 6.55. The van der Waals surface area contributed by atoms with Gasteiger partial charge in [0.1, 0.15) is 11.6 Å². The van der Waals surface area contributed by atoms with E-state index in [1.807, 2.05) is 12.3 Å². The number of aromatic nitrogens is 2. The maximum Gasteiger partial charge on any atom is 0.261 e. The molecule has 1 aliphatic heterocycles. The first-order valence-electron chi connectivity index (χ1n) is 7.19. The average molecular weight is 315 g/mol. The molecule has 0 radical (unpaired) electrons. The number of thiophene rings is 1. The highest BCUT2D eigenvalue weighted by molar-refractivity contribution is 7.20. The molecular weight excluding hydrogens is 301 g/mol. The van der Waals surface area contributed by atoms with Gasteiger partial charge in [0.2, 0.25) is 0 Å². The first kappa shape index (κ1) is 13.5. The number of nitrogens with zero attached hydrogens (tertiary/aromatic N) is 2. The third-order valence-electron chi connectivity index (χ3n) is 4.00. The van der Waals surface area contributed by atoms with E-state index < -0.39 is 0 Å². The van der Waals surface area contributed by atoms with Crippen molar-refractivity contribution in [3.8, 4) is 0 Å². The molecule has 1 atom stereocenters. The number of carbonyl (C=O) groups is 1. The fraction of sp³-hybridized carbons (Fsp3) is 0.250. The van der Waals surface area contributed by atoms with E-state index in [-0.39, 0.29) is 17.8 Å². The summed E-state index contributed by atoms with van der Waals surface area (Å²) in [5.74, 6) is 0.650. The largest absolute Gasteiger partial charge is 0.347 e. The van der Waals surface area contributed by atoms with E-state index in [2.05, 4.69) is 14.9 Å². The monoisotopic (exact) mass is 315 g/mol. The van der Waals surface area contributed by atoms with Crippen molar-refractivity contribution in [2.45, 2.75) is 25.4 Å². The van der Waals surface area contributed by atoms with Gasteiger partial charge in [0.15, 0.2) is 0 Å². The van der Waals surface area contributed by atoms with Gasteiger partial charge in [0.05, 0.1) is 4.88 Å². The minimum absolute atomic E-state index is 0.0873. The normalized spacial score (nSPS) is 17.4. The van der Waals surface area contributed by atoms with Gasteiger partial charge in [-0.25, -0.2) is 9.37 Å². The Morgan fingerprint density at radius 3 is 3.23 bits per heavy atom. The number of halogens is 1. The average Bonchev–Trinajstić information content (AvgIpc) is 3.13. The fourth-order valence-electron chi connectivity index (χ4n) is 2.88.